The summed E-state index contributed by atoms with van der Waals surface area (Å²) < 4.78 is 2.98. The van der Waals surface area contributed by atoms with Crippen molar-refractivity contribution in [1.82, 2.24) is 14.7 Å². The predicted octanol–water partition coefficient (Wildman–Crippen LogP) is 6.29. The van der Waals surface area contributed by atoms with Crippen LogP contribution in [0.5, 0.6) is 0 Å². The van der Waals surface area contributed by atoms with E-state index in [1.807, 2.05) is 35.2 Å². The summed E-state index contributed by atoms with van der Waals surface area (Å²) >= 11 is 1.21. The van der Waals surface area contributed by atoms with Crippen molar-refractivity contribution >= 4 is 41.2 Å². The smallest absolute Gasteiger partial charge is 0.265 e. The summed E-state index contributed by atoms with van der Waals surface area (Å²) in [5.74, 6) is 2.64. The molecule has 0 aliphatic carbocycles. The number of nitrogens with zero attached hydrogens (tertiary/aromatic N) is 4. The van der Waals surface area contributed by atoms with Gasteiger partial charge in [0.1, 0.15) is 22.5 Å². The van der Waals surface area contributed by atoms with E-state index < -0.39 is 0 Å². The molecule has 2 fully saturated rings. The molecule has 2 aromatic rings. The third-order valence-electron chi connectivity index (χ3n) is 8.46. The lowest BCUT2D eigenvalue weighted by molar-refractivity contribution is -0.120. The Morgan fingerprint density at radius 1 is 1.10 bits per heavy atom. The van der Waals surface area contributed by atoms with Gasteiger partial charge in [-0.1, -0.05) is 33.3 Å². The van der Waals surface area contributed by atoms with Crippen molar-refractivity contribution in [2.75, 3.05) is 34.8 Å². The highest BCUT2D eigenvalue weighted by molar-refractivity contribution is 7.97. The Morgan fingerprint density at radius 2 is 1.93 bits per heavy atom. The fourth-order valence-electron chi connectivity index (χ4n) is 6.37. The molecule has 5 heterocycles. The van der Waals surface area contributed by atoms with Crippen molar-refractivity contribution in [1.29, 1.82) is 0 Å². The van der Waals surface area contributed by atoms with Gasteiger partial charge in [0.05, 0.1) is 5.56 Å². The maximum absolute atomic E-state index is 13.6. The van der Waals surface area contributed by atoms with Gasteiger partial charge in [-0.3, -0.25) is 19.2 Å². The van der Waals surface area contributed by atoms with Crippen molar-refractivity contribution in [3.63, 3.8) is 0 Å². The first-order valence-corrected chi connectivity index (χ1v) is 15.6. The van der Waals surface area contributed by atoms with Crippen molar-refractivity contribution in [2.45, 2.75) is 90.1 Å². The highest BCUT2D eigenvalue weighted by Gasteiger charge is 2.41. The van der Waals surface area contributed by atoms with Crippen LogP contribution in [0.15, 0.2) is 35.4 Å². The molecule has 0 saturated carbocycles. The number of anilines is 3. The SMILES string of the molecule is CC(C)(C)CCCC1CCN(c2ccc3c(n2)N2CC(CCCNc4cccc(n4)SNC3=O)CC2(C)C)C1=O. The number of rotatable bonds is 4. The summed E-state index contributed by atoms with van der Waals surface area (Å²) in [4.78, 5) is 40.8. The highest BCUT2D eigenvalue weighted by atomic mass is 32.2. The average Bonchev–Trinajstić information content (AvgIpc) is 3.41. The number of amides is 2. The Hall–Kier alpha value is -2.81. The number of aromatic nitrogens is 2. The Bertz CT molecular complexity index is 1240. The Kier molecular flexibility index (Phi) is 8.32. The van der Waals surface area contributed by atoms with Crippen molar-refractivity contribution in [2.24, 2.45) is 17.3 Å². The van der Waals surface area contributed by atoms with Crippen molar-refractivity contribution in [3.05, 3.63) is 35.9 Å². The minimum atomic E-state index is -0.207. The summed E-state index contributed by atoms with van der Waals surface area (Å²) in [6, 6.07) is 9.49. The average molecular weight is 565 g/mol. The minimum Gasteiger partial charge on any atom is -0.370 e. The molecule has 2 unspecified atom stereocenters. The van der Waals surface area contributed by atoms with Gasteiger partial charge in [-0.25, -0.2) is 9.97 Å². The topological polar surface area (TPSA) is 90.5 Å². The summed E-state index contributed by atoms with van der Waals surface area (Å²) in [5, 5.41) is 4.15. The summed E-state index contributed by atoms with van der Waals surface area (Å²) in [6.07, 6.45) is 7.11. The van der Waals surface area contributed by atoms with Crippen LogP contribution in [0.2, 0.25) is 0 Å². The number of nitrogens with one attached hydrogen (secondary N) is 2. The molecule has 3 aliphatic rings. The first kappa shape index (κ1) is 28.7. The molecule has 9 heteroatoms. The molecule has 0 spiro atoms. The lowest BCUT2D eigenvalue weighted by Crippen LogP contribution is -2.40. The van der Waals surface area contributed by atoms with Gasteiger partial charge in [0.15, 0.2) is 0 Å². The third kappa shape index (κ3) is 6.56. The van der Waals surface area contributed by atoms with E-state index in [9.17, 15) is 9.59 Å². The number of pyridine rings is 2. The molecule has 216 valence electrons. The van der Waals surface area contributed by atoms with Gasteiger partial charge >= 0.3 is 0 Å². The molecule has 5 rings (SSSR count). The zero-order valence-electron chi connectivity index (χ0n) is 24.6. The monoisotopic (exact) mass is 564 g/mol. The van der Waals surface area contributed by atoms with Crippen LogP contribution in [0.25, 0.3) is 0 Å². The molecule has 2 amide bonds. The molecule has 2 saturated heterocycles. The van der Waals surface area contributed by atoms with Crippen LogP contribution in [-0.2, 0) is 4.79 Å². The van der Waals surface area contributed by atoms with E-state index in [0.717, 1.165) is 68.9 Å². The molecule has 40 heavy (non-hydrogen) atoms. The second kappa shape index (κ2) is 11.6. The van der Waals surface area contributed by atoms with Crippen LogP contribution >= 0.6 is 11.9 Å². The summed E-state index contributed by atoms with van der Waals surface area (Å²) in [7, 11) is 0. The van der Waals surface area contributed by atoms with Gasteiger partial charge in [-0.2, -0.15) is 0 Å². The second-order valence-electron chi connectivity index (χ2n) is 13.4. The minimum absolute atomic E-state index is 0.0472. The Balaban J connectivity index is 1.42. The zero-order valence-corrected chi connectivity index (χ0v) is 25.4. The van der Waals surface area contributed by atoms with E-state index in [-0.39, 0.29) is 28.7 Å². The number of hydrogen-bond acceptors (Lipinski definition) is 7. The molecule has 8 nitrogen and oxygen atoms in total. The van der Waals surface area contributed by atoms with Crippen LogP contribution in [-0.4, -0.2) is 47.0 Å². The molecular formula is C31H44N6O2S. The first-order chi connectivity index (χ1) is 19.0. The van der Waals surface area contributed by atoms with E-state index in [1.165, 1.54) is 11.9 Å². The van der Waals surface area contributed by atoms with Crippen LogP contribution in [0.3, 0.4) is 0 Å². The third-order valence-corrected chi connectivity index (χ3v) is 9.18. The van der Waals surface area contributed by atoms with Crippen LogP contribution in [0, 0.1) is 17.3 Å². The molecule has 2 atom stereocenters. The van der Waals surface area contributed by atoms with E-state index in [0.29, 0.717) is 29.7 Å². The number of hydrogen-bond donors (Lipinski definition) is 2. The van der Waals surface area contributed by atoms with Gasteiger partial charge in [0.25, 0.3) is 5.91 Å². The van der Waals surface area contributed by atoms with Crippen molar-refractivity contribution < 1.29 is 9.59 Å². The Morgan fingerprint density at radius 3 is 2.73 bits per heavy atom. The first-order valence-electron chi connectivity index (χ1n) is 14.8. The quantitative estimate of drug-likeness (QED) is 0.422. The van der Waals surface area contributed by atoms with E-state index in [1.54, 1.807) is 0 Å². The molecular weight excluding hydrogens is 520 g/mol. The van der Waals surface area contributed by atoms with E-state index in [4.69, 9.17) is 4.98 Å². The Labute approximate surface area is 243 Å². The van der Waals surface area contributed by atoms with Gasteiger partial charge in [0, 0.05) is 43.0 Å². The van der Waals surface area contributed by atoms with Crippen LogP contribution in [0.4, 0.5) is 17.5 Å². The molecule has 2 aromatic heterocycles. The van der Waals surface area contributed by atoms with Gasteiger partial charge in [-0.15, -0.1) is 0 Å². The molecule has 3 aliphatic heterocycles. The lowest BCUT2D eigenvalue weighted by Gasteiger charge is -2.34. The molecule has 4 bridgehead atoms. The normalized spacial score (nSPS) is 23.2. The van der Waals surface area contributed by atoms with Crippen LogP contribution in [0.1, 0.15) is 89.9 Å². The van der Waals surface area contributed by atoms with E-state index >= 15 is 0 Å². The highest BCUT2D eigenvalue weighted by Crippen LogP contribution is 2.41. The maximum Gasteiger partial charge on any atom is 0.265 e. The standard InChI is InChI=1S/C31H44N6O2S/c1-30(2,3)16-7-10-22-15-18-36(29(22)39)25-14-13-23-27(34-25)37-20-21(19-31(37,4)5)9-8-17-32-24-11-6-12-26(33-24)40-35-28(23)38/h6,11-14,21-22H,7-10,15-20H2,1-5H3,(H,32,33)(H,35,38). The molecule has 0 radical (unpaired) electrons. The zero-order chi connectivity index (χ0) is 28.5. The molecule has 0 aromatic carbocycles. The van der Waals surface area contributed by atoms with Crippen LogP contribution < -0.4 is 19.8 Å². The van der Waals surface area contributed by atoms with Crippen molar-refractivity contribution in [3.8, 4) is 0 Å². The molecule has 2 N–H and O–H groups in total. The lowest BCUT2D eigenvalue weighted by atomic mass is 9.87. The summed E-state index contributed by atoms with van der Waals surface area (Å²) in [5.41, 5.74) is 0.654. The second-order valence-corrected chi connectivity index (χ2v) is 14.3. The van der Waals surface area contributed by atoms with E-state index in [2.05, 4.69) is 54.5 Å². The number of carbonyl (C=O) groups excluding carboxylic acids is 2. The number of carbonyl (C=O) groups is 2. The summed E-state index contributed by atoms with van der Waals surface area (Å²) in [6.45, 7) is 13.6. The fourth-order valence-corrected chi connectivity index (χ4v) is 6.97. The van der Waals surface area contributed by atoms with Gasteiger partial charge in [-0.05, 0) is 88.0 Å². The van der Waals surface area contributed by atoms with Gasteiger partial charge < -0.3 is 10.2 Å². The largest absolute Gasteiger partial charge is 0.370 e. The predicted molar refractivity (Wildman–Crippen MR) is 163 cm³/mol. The maximum atomic E-state index is 13.6. The van der Waals surface area contributed by atoms with Gasteiger partial charge in [0.2, 0.25) is 5.91 Å². The fraction of sp³-hybridized carbons (Fsp3) is 0.613. The number of fused-ring (bicyclic) bond motifs is 6.